The lowest BCUT2D eigenvalue weighted by molar-refractivity contribution is 0.413. The first-order chi connectivity index (χ1) is 10.2. The Morgan fingerprint density at radius 1 is 1.29 bits per heavy atom. The van der Waals surface area contributed by atoms with Gasteiger partial charge in [0.25, 0.3) is 0 Å². The maximum atomic E-state index is 13.7. The van der Waals surface area contributed by atoms with Crippen LogP contribution in [0.2, 0.25) is 0 Å². The average Bonchev–Trinajstić information content (AvgIpc) is 2.85. The summed E-state index contributed by atoms with van der Waals surface area (Å²) < 4.78 is 21.1. The highest BCUT2D eigenvalue weighted by molar-refractivity contribution is 6.17. The van der Waals surface area contributed by atoms with Gasteiger partial charge in [0, 0.05) is 6.07 Å². The summed E-state index contributed by atoms with van der Waals surface area (Å²) in [5.41, 5.74) is 2.80. The molecule has 0 aliphatic carbocycles. The second kappa shape index (κ2) is 5.37. The fraction of sp³-hybridized carbons (Fsp3) is 0.188. The Kier molecular flexibility index (Phi) is 3.55. The fourth-order valence-corrected chi connectivity index (χ4v) is 2.60. The SMILES string of the molecule is COc1ccccc1-n1c(CCl)nc2cc(F)c(C)cc21. The summed E-state index contributed by atoms with van der Waals surface area (Å²) in [7, 11) is 1.61. The van der Waals surface area contributed by atoms with Crippen molar-refractivity contribution in [2.75, 3.05) is 7.11 Å². The molecule has 3 nitrogen and oxygen atoms in total. The zero-order chi connectivity index (χ0) is 15.0. The van der Waals surface area contributed by atoms with E-state index in [4.69, 9.17) is 16.3 Å². The van der Waals surface area contributed by atoms with Gasteiger partial charge >= 0.3 is 0 Å². The van der Waals surface area contributed by atoms with Gasteiger partial charge in [-0.05, 0) is 30.7 Å². The fourth-order valence-electron chi connectivity index (χ4n) is 2.43. The monoisotopic (exact) mass is 304 g/mol. The van der Waals surface area contributed by atoms with Crippen LogP contribution >= 0.6 is 11.6 Å². The van der Waals surface area contributed by atoms with Crippen LogP contribution in [0.3, 0.4) is 0 Å². The number of methoxy groups -OCH3 is 1. The van der Waals surface area contributed by atoms with Crippen molar-refractivity contribution in [3.63, 3.8) is 0 Å². The minimum Gasteiger partial charge on any atom is -0.495 e. The first-order valence-corrected chi connectivity index (χ1v) is 7.06. The number of aromatic nitrogens is 2. The first-order valence-electron chi connectivity index (χ1n) is 6.52. The summed E-state index contributed by atoms with van der Waals surface area (Å²) >= 11 is 6.01. The average molecular weight is 305 g/mol. The Morgan fingerprint density at radius 2 is 2.05 bits per heavy atom. The van der Waals surface area contributed by atoms with Crippen LogP contribution in [0.1, 0.15) is 11.4 Å². The van der Waals surface area contributed by atoms with Crippen molar-refractivity contribution < 1.29 is 9.13 Å². The molecule has 1 heterocycles. The second-order valence-electron chi connectivity index (χ2n) is 4.76. The molecule has 108 valence electrons. The van der Waals surface area contributed by atoms with Gasteiger partial charge in [0.2, 0.25) is 0 Å². The lowest BCUT2D eigenvalue weighted by atomic mass is 10.2. The summed E-state index contributed by atoms with van der Waals surface area (Å²) in [6.45, 7) is 1.73. The number of rotatable bonds is 3. The molecule has 0 fully saturated rings. The van der Waals surface area contributed by atoms with Crippen LogP contribution in [-0.4, -0.2) is 16.7 Å². The second-order valence-corrected chi connectivity index (χ2v) is 5.03. The molecule has 1 aromatic heterocycles. The highest BCUT2D eigenvalue weighted by atomic mass is 35.5. The van der Waals surface area contributed by atoms with Crippen LogP contribution in [0.25, 0.3) is 16.7 Å². The molecule has 0 bridgehead atoms. The molecule has 21 heavy (non-hydrogen) atoms. The van der Waals surface area contributed by atoms with Crippen molar-refractivity contribution in [1.82, 2.24) is 9.55 Å². The number of halogens is 2. The Bertz CT molecular complexity index is 813. The van der Waals surface area contributed by atoms with Crippen LogP contribution in [0.4, 0.5) is 4.39 Å². The number of benzene rings is 2. The minimum atomic E-state index is -0.270. The highest BCUT2D eigenvalue weighted by Crippen LogP contribution is 2.30. The van der Waals surface area contributed by atoms with Gasteiger partial charge in [-0.1, -0.05) is 12.1 Å². The van der Waals surface area contributed by atoms with Gasteiger partial charge in [-0.3, -0.25) is 4.57 Å². The number of imidazole rings is 1. The molecule has 0 spiro atoms. The predicted molar refractivity (Wildman–Crippen MR) is 81.9 cm³/mol. The lowest BCUT2D eigenvalue weighted by Crippen LogP contribution is -2.02. The maximum Gasteiger partial charge on any atom is 0.142 e. The number of para-hydroxylation sites is 2. The highest BCUT2D eigenvalue weighted by Gasteiger charge is 2.16. The van der Waals surface area contributed by atoms with E-state index in [2.05, 4.69) is 4.98 Å². The summed E-state index contributed by atoms with van der Waals surface area (Å²) in [5.74, 6) is 1.33. The van der Waals surface area contributed by atoms with Gasteiger partial charge < -0.3 is 4.74 Å². The number of hydrogen-bond donors (Lipinski definition) is 0. The van der Waals surface area contributed by atoms with E-state index in [0.717, 1.165) is 11.2 Å². The van der Waals surface area contributed by atoms with E-state index in [1.807, 2.05) is 28.8 Å². The van der Waals surface area contributed by atoms with E-state index < -0.39 is 0 Å². The molecule has 0 unspecified atom stereocenters. The van der Waals surface area contributed by atoms with Gasteiger partial charge in [0.15, 0.2) is 0 Å². The molecule has 3 rings (SSSR count). The molecule has 0 radical (unpaired) electrons. The topological polar surface area (TPSA) is 27.1 Å². The van der Waals surface area contributed by atoms with Crippen molar-refractivity contribution in [2.45, 2.75) is 12.8 Å². The number of aryl methyl sites for hydroxylation is 1. The van der Waals surface area contributed by atoms with Gasteiger partial charge in [-0.15, -0.1) is 11.6 Å². The molecule has 5 heteroatoms. The van der Waals surface area contributed by atoms with Crippen LogP contribution < -0.4 is 4.74 Å². The number of nitrogens with zero attached hydrogens (tertiary/aromatic N) is 2. The number of hydrogen-bond acceptors (Lipinski definition) is 2. The molecular formula is C16H14ClFN2O. The van der Waals surface area contributed by atoms with Crippen LogP contribution in [0.5, 0.6) is 5.75 Å². The normalized spacial score (nSPS) is 11.0. The predicted octanol–water partition coefficient (Wildman–Crippen LogP) is 4.22. The molecule has 0 saturated heterocycles. The zero-order valence-corrected chi connectivity index (χ0v) is 12.5. The van der Waals surface area contributed by atoms with Gasteiger partial charge in [-0.25, -0.2) is 9.37 Å². The van der Waals surface area contributed by atoms with E-state index in [1.165, 1.54) is 6.07 Å². The molecule has 0 N–H and O–H groups in total. The van der Waals surface area contributed by atoms with Gasteiger partial charge in [-0.2, -0.15) is 0 Å². The largest absolute Gasteiger partial charge is 0.495 e. The van der Waals surface area contributed by atoms with Crippen molar-refractivity contribution in [1.29, 1.82) is 0 Å². The van der Waals surface area contributed by atoms with Gasteiger partial charge in [0.05, 0.1) is 29.7 Å². The molecule has 0 aliphatic rings. The Labute approximate surface area is 126 Å². The summed E-state index contributed by atoms with van der Waals surface area (Å²) in [6.07, 6.45) is 0. The third kappa shape index (κ3) is 2.25. The Hall–Kier alpha value is -2.07. The Morgan fingerprint density at radius 3 is 2.76 bits per heavy atom. The van der Waals surface area contributed by atoms with E-state index in [0.29, 0.717) is 22.7 Å². The summed E-state index contributed by atoms with van der Waals surface area (Å²) in [6, 6.07) is 10.8. The quantitative estimate of drug-likeness (QED) is 0.677. The van der Waals surface area contributed by atoms with Crippen molar-refractivity contribution >= 4 is 22.6 Å². The molecule has 3 aromatic rings. The Balaban J connectivity index is 2.37. The van der Waals surface area contributed by atoms with Gasteiger partial charge in [0.1, 0.15) is 17.4 Å². The smallest absolute Gasteiger partial charge is 0.142 e. The maximum absolute atomic E-state index is 13.7. The third-order valence-electron chi connectivity index (χ3n) is 3.45. The number of fused-ring (bicyclic) bond motifs is 1. The molecule has 0 atom stereocenters. The molecule has 0 amide bonds. The van der Waals surface area contributed by atoms with E-state index in [9.17, 15) is 4.39 Å². The standard InChI is InChI=1S/C16H14ClFN2O/c1-10-7-14-12(8-11(10)18)19-16(9-17)20(14)13-5-3-4-6-15(13)21-2/h3-8H,9H2,1-2H3. The van der Waals surface area contributed by atoms with Crippen LogP contribution in [-0.2, 0) is 5.88 Å². The number of alkyl halides is 1. The molecule has 2 aromatic carbocycles. The summed E-state index contributed by atoms with van der Waals surface area (Å²) in [4.78, 5) is 4.42. The molecular weight excluding hydrogens is 291 g/mol. The van der Waals surface area contributed by atoms with E-state index in [1.54, 1.807) is 20.1 Å². The van der Waals surface area contributed by atoms with Crippen LogP contribution in [0.15, 0.2) is 36.4 Å². The van der Waals surface area contributed by atoms with Crippen LogP contribution in [0, 0.1) is 12.7 Å². The summed E-state index contributed by atoms with van der Waals surface area (Å²) in [5, 5.41) is 0. The molecule has 0 aliphatic heterocycles. The third-order valence-corrected chi connectivity index (χ3v) is 3.69. The first kappa shape index (κ1) is 13.9. The van der Waals surface area contributed by atoms with Crippen molar-refractivity contribution in [2.24, 2.45) is 0 Å². The van der Waals surface area contributed by atoms with E-state index >= 15 is 0 Å². The zero-order valence-electron chi connectivity index (χ0n) is 11.7. The van der Waals surface area contributed by atoms with Crippen molar-refractivity contribution in [3.05, 3.63) is 53.6 Å². The minimum absolute atomic E-state index is 0.230. The van der Waals surface area contributed by atoms with Crippen molar-refractivity contribution in [3.8, 4) is 11.4 Å². The molecule has 0 saturated carbocycles. The lowest BCUT2D eigenvalue weighted by Gasteiger charge is -2.12. The van der Waals surface area contributed by atoms with E-state index in [-0.39, 0.29) is 11.7 Å². The number of ether oxygens (including phenoxy) is 1.